The molecule has 5 nitrogen and oxygen atoms in total. The summed E-state index contributed by atoms with van der Waals surface area (Å²) in [5.41, 5.74) is 1.27. The summed E-state index contributed by atoms with van der Waals surface area (Å²) in [5, 5.41) is 12.4. The molecule has 1 amide bonds. The fraction of sp³-hybridized carbons (Fsp3) is 0.105. The minimum absolute atomic E-state index is 0.00398. The van der Waals surface area contributed by atoms with Gasteiger partial charge in [-0.1, -0.05) is 22.0 Å². The van der Waals surface area contributed by atoms with Gasteiger partial charge in [0.05, 0.1) is 5.69 Å². The van der Waals surface area contributed by atoms with Crippen molar-refractivity contribution in [3.05, 3.63) is 76.2 Å². The van der Waals surface area contributed by atoms with Crippen molar-refractivity contribution >= 4 is 27.5 Å². The molecule has 3 rings (SSSR count). The average molecular weight is 402 g/mol. The Bertz CT molecular complexity index is 887. The fourth-order valence-electron chi connectivity index (χ4n) is 2.20. The van der Waals surface area contributed by atoms with E-state index in [1.54, 1.807) is 24.3 Å². The van der Waals surface area contributed by atoms with Crippen LogP contribution in [0, 0.1) is 6.92 Å². The summed E-state index contributed by atoms with van der Waals surface area (Å²) >= 11 is 3.36. The summed E-state index contributed by atoms with van der Waals surface area (Å²) in [5.74, 6) is 0.951. The third-order valence-electron chi connectivity index (χ3n) is 3.48. The summed E-state index contributed by atoms with van der Waals surface area (Å²) < 4.78 is 12.1. The first-order chi connectivity index (χ1) is 12.0. The molecule has 0 atom stereocenters. The normalized spacial score (nSPS) is 10.5. The molecule has 0 aliphatic carbocycles. The van der Waals surface area contributed by atoms with E-state index in [2.05, 4.69) is 21.2 Å². The number of anilines is 1. The van der Waals surface area contributed by atoms with Crippen molar-refractivity contribution in [2.45, 2.75) is 13.5 Å². The molecule has 0 unspecified atom stereocenters. The average Bonchev–Trinajstić information content (AvgIpc) is 3.07. The third-order valence-corrected chi connectivity index (χ3v) is 4.01. The molecule has 128 valence electrons. The quantitative estimate of drug-likeness (QED) is 0.597. The summed E-state index contributed by atoms with van der Waals surface area (Å²) in [7, 11) is 0. The van der Waals surface area contributed by atoms with Gasteiger partial charge in [-0.25, -0.2) is 0 Å². The van der Waals surface area contributed by atoms with Crippen molar-refractivity contribution < 1.29 is 19.1 Å². The Labute approximate surface area is 153 Å². The second-order valence-corrected chi connectivity index (χ2v) is 6.40. The number of aryl methyl sites for hydroxylation is 1. The zero-order valence-corrected chi connectivity index (χ0v) is 15.0. The first-order valence-electron chi connectivity index (χ1n) is 7.59. The molecule has 25 heavy (non-hydrogen) atoms. The largest absolute Gasteiger partial charge is 0.506 e. The monoisotopic (exact) mass is 401 g/mol. The number of hydrogen-bond acceptors (Lipinski definition) is 4. The number of nitrogens with one attached hydrogen (secondary N) is 1. The van der Waals surface area contributed by atoms with Gasteiger partial charge in [0.15, 0.2) is 5.76 Å². The number of phenolic OH excluding ortho intramolecular Hbond substituents is 1. The molecular weight excluding hydrogens is 386 g/mol. The van der Waals surface area contributed by atoms with Crippen molar-refractivity contribution in [1.82, 2.24) is 0 Å². The number of aromatic hydroxyl groups is 1. The number of hydrogen-bond donors (Lipinski definition) is 2. The van der Waals surface area contributed by atoms with Gasteiger partial charge in [0, 0.05) is 4.47 Å². The lowest BCUT2D eigenvalue weighted by Crippen LogP contribution is -2.11. The molecule has 1 heterocycles. The van der Waals surface area contributed by atoms with E-state index in [0.29, 0.717) is 17.2 Å². The molecule has 0 saturated carbocycles. The van der Waals surface area contributed by atoms with Crippen molar-refractivity contribution in [2.24, 2.45) is 0 Å². The highest BCUT2D eigenvalue weighted by molar-refractivity contribution is 9.10. The van der Waals surface area contributed by atoms with Crippen LogP contribution in [0.2, 0.25) is 0 Å². The van der Waals surface area contributed by atoms with Gasteiger partial charge in [-0.05, 0) is 61.0 Å². The van der Waals surface area contributed by atoms with Crippen molar-refractivity contribution in [3.8, 4) is 11.5 Å². The minimum atomic E-state index is -0.434. The molecule has 2 aromatic carbocycles. The van der Waals surface area contributed by atoms with Crippen LogP contribution in [0.25, 0.3) is 0 Å². The van der Waals surface area contributed by atoms with Gasteiger partial charge in [-0.3, -0.25) is 4.79 Å². The van der Waals surface area contributed by atoms with E-state index in [1.807, 2.05) is 31.2 Å². The molecule has 0 fully saturated rings. The van der Waals surface area contributed by atoms with Crippen LogP contribution < -0.4 is 10.1 Å². The summed E-state index contributed by atoms with van der Waals surface area (Å²) in [4.78, 5) is 12.2. The maximum absolute atomic E-state index is 12.2. The highest BCUT2D eigenvalue weighted by Gasteiger charge is 2.14. The van der Waals surface area contributed by atoms with E-state index in [4.69, 9.17) is 9.15 Å². The lowest BCUT2D eigenvalue weighted by Gasteiger charge is -2.07. The van der Waals surface area contributed by atoms with Gasteiger partial charge in [0.2, 0.25) is 0 Å². The lowest BCUT2D eigenvalue weighted by atomic mass is 10.2. The number of ether oxygens (including phenoxy) is 1. The Kier molecular flexibility index (Phi) is 5.09. The van der Waals surface area contributed by atoms with Crippen LogP contribution in [0.5, 0.6) is 11.5 Å². The van der Waals surface area contributed by atoms with Crippen LogP contribution in [-0.2, 0) is 6.61 Å². The first-order valence-corrected chi connectivity index (χ1v) is 8.38. The second kappa shape index (κ2) is 7.44. The minimum Gasteiger partial charge on any atom is -0.506 e. The van der Waals surface area contributed by atoms with Crippen molar-refractivity contribution in [1.29, 1.82) is 0 Å². The van der Waals surface area contributed by atoms with E-state index in [9.17, 15) is 9.90 Å². The number of furan rings is 1. The number of amides is 1. The lowest BCUT2D eigenvalue weighted by molar-refractivity contribution is 0.0992. The Hall–Kier alpha value is -2.73. The van der Waals surface area contributed by atoms with Gasteiger partial charge < -0.3 is 19.6 Å². The van der Waals surface area contributed by atoms with Crippen LogP contribution in [-0.4, -0.2) is 11.0 Å². The summed E-state index contributed by atoms with van der Waals surface area (Å²) in [6.07, 6.45) is 0. The molecule has 0 saturated heterocycles. The fourth-order valence-corrected chi connectivity index (χ4v) is 2.46. The van der Waals surface area contributed by atoms with Gasteiger partial charge in [-0.15, -0.1) is 0 Å². The number of rotatable bonds is 5. The van der Waals surface area contributed by atoms with E-state index in [-0.39, 0.29) is 18.1 Å². The highest BCUT2D eigenvalue weighted by Crippen LogP contribution is 2.25. The Morgan fingerprint density at radius 2 is 1.92 bits per heavy atom. The molecule has 0 spiro atoms. The Morgan fingerprint density at radius 3 is 2.68 bits per heavy atom. The van der Waals surface area contributed by atoms with Crippen molar-refractivity contribution in [2.75, 3.05) is 5.32 Å². The standard InChI is InChI=1S/C19H16BrNO4/c1-12-2-8-17(22)16(10-12)21-19(23)18-9-7-15(25-18)11-24-14-5-3-13(20)4-6-14/h2-10,22H,11H2,1H3,(H,21,23). The molecule has 0 radical (unpaired) electrons. The van der Waals surface area contributed by atoms with Crippen LogP contribution >= 0.6 is 15.9 Å². The molecule has 3 aromatic rings. The van der Waals surface area contributed by atoms with Crippen LogP contribution in [0.3, 0.4) is 0 Å². The van der Waals surface area contributed by atoms with Gasteiger partial charge in [-0.2, -0.15) is 0 Å². The molecule has 2 N–H and O–H groups in total. The van der Waals surface area contributed by atoms with Crippen LogP contribution in [0.15, 0.2) is 63.5 Å². The number of benzene rings is 2. The van der Waals surface area contributed by atoms with Crippen LogP contribution in [0.1, 0.15) is 21.9 Å². The van der Waals surface area contributed by atoms with Crippen LogP contribution in [0.4, 0.5) is 5.69 Å². The predicted molar refractivity (Wildman–Crippen MR) is 98.0 cm³/mol. The van der Waals surface area contributed by atoms with Gasteiger partial charge in [0.25, 0.3) is 5.91 Å². The molecule has 1 aromatic heterocycles. The molecule has 0 bridgehead atoms. The predicted octanol–water partition coefficient (Wildman–Crippen LogP) is 4.89. The van der Waals surface area contributed by atoms with E-state index < -0.39 is 5.91 Å². The highest BCUT2D eigenvalue weighted by atomic mass is 79.9. The first kappa shape index (κ1) is 17.1. The zero-order chi connectivity index (χ0) is 17.8. The van der Waals surface area contributed by atoms with Gasteiger partial charge >= 0.3 is 0 Å². The molecule has 6 heteroatoms. The number of halogens is 1. The van der Waals surface area contributed by atoms with Crippen molar-refractivity contribution in [3.63, 3.8) is 0 Å². The van der Waals surface area contributed by atoms with E-state index in [1.165, 1.54) is 6.07 Å². The number of carbonyl (C=O) groups is 1. The molecular formula is C19H16BrNO4. The molecule has 0 aliphatic heterocycles. The summed E-state index contributed by atoms with van der Waals surface area (Å²) in [6, 6.07) is 15.7. The third kappa shape index (κ3) is 4.42. The topological polar surface area (TPSA) is 71.7 Å². The Morgan fingerprint density at radius 1 is 1.16 bits per heavy atom. The SMILES string of the molecule is Cc1ccc(O)c(NC(=O)c2ccc(COc3ccc(Br)cc3)o2)c1. The number of phenols is 1. The van der Waals surface area contributed by atoms with Gasteiger partial charge in [0.1, 0.15) is 23.9 Å². The van der Waals surface area contributed by atoms with E-state index >= 15 is 0 Å². The maximum atomic E-state index is 12.2. The second-order valence-electron chi connectivity index (χ2n) is 5.48. The number of carbonyl (C=O) groups excluding carboxylic acids is 1. The maximum Gasteiger partial charge on any atom is 0.291 e. The van der Waals surface area contributed by atoms with E-state index in [0.717, 1.165) is 10.0 Å². The molecule has 0 aliphatic rings. The zero-order valence-electron chi connectivity index (χ0n) is 13.5. The summed E-state index contributed by atoms with van der Waals surface area (Å²) in [6.45, 7) is 2.09. The Balaban J connectivity index is 1.63. The smallest absolute Gasteiger partial charge is 0.291 e.